The molecule has 188 valence electrons. The first-order valence-electron chi connectivity index (χ1n) is 11.4. The van der Waals surface area contributed by atoms with E-state index in [1.54, 1.807) is 0 Å². The lowest BCUT2D eigenvalue weighted by molar-refractivity contribution is -0.384. The van der Waals surface area contributed by atoms with E-state index in [2.05, 4.69) is 10.1 Å². The van der Waals surface area contributed by atoms with Crippen LogP contribution in [0.15, 0.2) is 53.1 Å². The number of benzene rings is 2. The van der Waals surface area contributed by atoms with Crippen LogP contribution in [0.3, 0.4) is 0 Å². The Morgan fingerprint density at radius 3 is 2.31 bits per heavy atom. The molecule has 2 unspecified atom stereocenters. The van der Waals surface area contributed by atoms with Crippen molar-refractivity contribution >= 4 is 11.8 Å². The molecule has 2 aromatic carbocycles. The number of alkyl halides is 3. The van der Waals surface area contributed by atoms with Crippen molar-refractivity contribution < 1.29 is 32.1 Å². The molecule has 5 rings (SSSR count). The molecule has 1 aromatic heterocycles. The third-order valence-electron chi connectivity index (χ3n) is 6.42. The van der Waals surface area contributed by atoms with Crippen LogP contribution in [0.5, 0.6) is 5.75 Å². The summed E-state index contributed by atoms with van der Waals surface area (Å²) < 4.78 is 50.0. The fraction of sp³-hybridized carbons (Fsp3) is 0.375. The van der Waals surface area contributed by atoms with Gasteiger partial charge in [-0.1, -0.05) is 17.3 Å². The Hall–Kier alpha value is -3.96. The number of nitro groups is 1. The summed E-state index contributed by atoms with van der Waals surface area (Å²) in [4.78, 5) is 29.2. The smallest absolute Gasteiger partial charge is 0.410 e. The summed E-state index contributed by atoms with van der Waals surface area (Å²) in [6.07, 6.45) is -2.65. The number of piperidine rings is 1. The van der Waals surface area contributed by atoms with Crippen LogP contribution < -0.4 is 4.74 Å². The zero-order chi connectivity index (χ0) is 25.4. The first-order chi connectivity index (χ1) is 17.2. The second kappa shape index (κ2) is 9.25. The zero-order valence-corrected chi connectivity index (χ0v) is 18.9. The predicted molar refractivity (Wildman–Crippen MR) is 119 cm³/mol. The molecule has 2 heterocycles. The van der Waals surface area contributed by atoms with Crippen LogP contribution in [0.4, 0.5) is 23.7 Å². The molecule has 12 heteroatoms. The summed E-state index contributed by atoms with van der Waals surface area (Å²) in [6.45, 7) is 0.423. The Morgan fingerprint density at radius 1 is 1.03 bits per heavy atom. The number of nitro benzene ring substituents is 1. The lowest BCUT2D eigenvalue weighted by Crippen LogP contribution is -2.44. The average Bonchev–Trinajstić information content (AvgIpc) is 3.59. The lowest BCUT2D eigenvalue weighted by Gasteiger charge is -2.36. The Morgan fingerprint density at radius 2 is 1.69 bits per heavy atom. The zero-order valence-electron chi connectivity index (χ0n) is 18.9. The number of hydrogen-bond donors (Lipinski definition) is 0. The maximum Gasteiger partial charge on any atom is 0.416 e. The van der Waals surface area contributed by atoms with Crippen molar-refractivity contribution in [2.24, 2.45) is 0 Å². The third-order valence-corrected chi connectivity index (χ3v) is 6.42. The van der Waals surface area contributed by atoms with Crippen LogP contribution in [0.2, 0.25) is 0 Å². The van der Waals surface area contributed by atoms with Gasteiger partial charge in [0.15, 0.2) is 5.82 Å². The van der Waals surface area contributed by atoms with Crippen LogP contribution >= 0.6 is 0 Å². The Balaban J connectivity index is 1.37. The Kier molecular flexibility index (Phi) is 6.10. The summed E-state index contributed by atoms with van der Waals surface area (Å²) in [5.74, 6) is 0.776. The number of carbonyl (C=O) groups excluding carboxylic acids is 1. The van der Waals surface area contributed by atoms with Crippen LogP contribution in [-0.4, -0.2) is 39.1 Å². The van der Waals surface area contributed by atoms with Crippen LogP contribution in [0, 0.1) is 10.1 Å². The molecule has 2 aliphatic rings. The van der Waals surface area contributed by atoms with Crippen molar-refractivity contribution in [3.8, 4) is 5.75 Å². The summed E-state index contributed by atoms with van der Waals surface area (Å²) in [6, 6.07) is 9.98. The molecule has 9 nitrogen and oxygen atoms in total. The van der Waals surface area contributed by atoms with Crippen molar-refractivity contribution in [1.29, 1.82) is 0 Å². The maximum absolute atomic E-state index is 13.0. The summed E-state index contributed by atoms with van der Waals surface area (Å²) in [5.41, 5.74) is -0.250. The van der Waals surface area contributed by atoms with Crippen molar-refractivity contribution in [2.45, 2.75) is 43.2 Å². The van der Waals surface area contributed by atoms with E-state index in [0.717, 1.165) is 25.0 Å². The molecule has 1 amide bonds. The number of amides is 1. The third kappa shape index (κ3) is 5.16. The molecule has 0 bridgehead atoms. The molecule has 1 saturated carbocycles. The molecular formula is C24H21F3N4O5. The van der Waals surface area contributed by atoms with Gasteiger partial charge in [0.05, 0.1) is 16.4 Å². The molecule has 0 spiro atoms. The van der Waals surface area contributed by atoms with E-state index in [-0.39, 0.29) is 42.3 Å². The number of halogens is 3. The fourth-order valence-corrected chi connectivity index (χ4v) is 4.33. The van der Waals surface area contributed by atoms with Gasteiger partial charge in [-0.15, -0.1) is 0 Å². The SMILES string of the molecule is O=C(Oc1ccc([N+](=O)[O-])cc1)N1CC(c2ccc(C(F)(F)F)cc2)CC(c2nc(C3CC3)no2)C1. The number of non-ortho nitro benzene ring substituents is 1. The summed E-state index contributed by atoms with van der Waals surface area (Å²) in [7, 11) is 0. The van der Waals surface area contributed by atoms with Gasteiger partial charge in [0.2, 0.25) is 5.89 Å². The van der Waals surface area contributed by atoms with Gasteiger partial charge in [-0.2, -0.15) is 18.2 Å². The van der Waals surface area contributed by atoms with E-state index >= 15 is 0 Å². The number of likely N-dealkylation sites (tertiary alicyclic amines) is 1. The van der Waals surface area contributed by atoms with Gasteiger partial charge in [0.1, 0.15) is 5.75 Å². The number of rotatable bonds is 5. The number of nitrogens with zero attached hydrogens (tertiary/aromatic N) is 4. The molecule has 2 fully saturated rings. The van der Waals surface area contributed by atoms with E-state index in [9.17, 15) is 28.1 Å². The van der Waals surface area contributed by atoms with E-state index in [4.69, 9.17) is 9.26 Å². The normalized spacial score (nSPS) is 20.2. The van der Waals surface area contributed by atoms with Crippen molar-refractivity contribution in [3.05, 3.63) is 81.5 Å². The van der Waals surface area contributed by atoms with Crippen molar-refractivity contribution in [1.82, 2.24) is 15.0 Å². The minimum Gasteiger partial charge on any atom is -0.410 e. The van der Waals surface area contributed by atoms with E-state index < -0.39 is 22.8 Å². The number of aromatic nitrogens is 2. The molecule has 1 aliphatic carbocycles. The van der Waals surface area contributed by atoms with Crippen LogP contribution in [0.1, 0.15) is 59.9 Å². The highest BCUT2D eigenvalue weighted by atomic mass is 19.4. The minimum atomic E-state index is -4.45. The van der Waals surface area contributed by atoms with E-state index in [1.165, 1.54) is 41.3 Å². The monoisotopic (exact) mass is 502 g/mol. The molecule has 0 N–H and O–H groups in total. The second-order valence-corrected chi connectivity index (χ2v) is 9.04. The average molecular weight is 502 g/mol. The molecule has 1 aliphatic heterocycles. The highest BCUT2D eigenvalue weighted by Crippen LogP contribution is 2.41. The number of carbonyl (C=O) groups is 1. The molecule has 1 saturated heterocycles. The van der Waals surface area contributed by atoms with Gasteiger partial charge in [0.25, 0.3) is 5.69 Å². The standard InChI is InChI=1S/C24H21F3N4O5/c25-24(26,27)18-5-3-14(4-6-18)16-11-17(22-28-21(29-36-22)15-1-2-15)13-30(12-16)23(32)35-20-9-7-19(8-10-20)31(33)34/h3-10,15-17H,1-2,11-13H2. The van der Waals surface area contributed by atoms with Gasteiger partial charge in [-0.3, -0.25) is 10.1 Å². The number of ether oxygens (including phenoxy) is 1. The summed E-state index contributed by atoms with van der Waals surface area (Å²) in [5, 5.41) is 14.9. The van der Waals surface area contributed by atoms with Gasteiger partial charge >= 0.3 is 12.3 Å². The summed E-state index contributed by atoms with van der Waals surface area (Å²) >= 11 is 0. The van der Waals surface area contributed by atoms with E-state index in [1.807, 2.05) is 0 Å². The van der Waals surface area contributed by atoms with Crippen LogP contribution in [0.25, 0.3) is 0 Å². The Labute approximate surface area is 203 Å². The highest BCUT2D eigenvalue weighted by molar-refractivity contribution is 5.71. The first kappa shape index (κ1) is 23.8. The minimum absolute atomic E-state index is 0.132. The largest absolute Gasteiger partial charge is 0.416 e. The number of hydrogen-bond acceptors (Lipinski definition) is 7. The van der Waals surface area contributed by atoms with Crippen molar-refractivity contribution in [3.63, 3.8) is 0 Å². The maximum atomic E-state index is 13.0. The van der Waals surface area contributed by atoms with Gasteiger partial charge in [-0.25, -0.2) is 4.79 Å². The van der Waals surface area contributed by atoms with Gasteiger partial charge < -0.3 is 14.2 Å². The second-order valence-electron chi connectivity index (χ2n) is 9.04. The van der Waals surface area contributed by atoms with Crippen molar-refractivity contribution in [2.75, 3.05) is 13.1 Å². The topological polar surface area (TPSA) is 112 Å². The molecule has 36 heavy (non-hydrogen) atoms. The Bertz CT molecular complexity index is 1260. The molecule has 3 aromatic rings. The van der Waals surface area contributed by atoms with E-state index in [0.29, 0.717) is 23.7 Å². The predicted octanol–water partition coefficient (Wildman–Crippen LogP) is 5.65. The van der Waals surface area contributed by atoms with Gasteiger partial charge in [-0.05, 0) is 49.1 Å². The molecule has 0 radical (unpaired) electrons. The quantitative estimate of drug-likeness (QED) is 0.328. The fourth-order valence-electron chi connectivity index (χ4n) is 4.33. The lowest BCUT2D eigenvalue weighted by atomic mass is 9.84. The molecule has 2 atom stereocenters. The molecular weight excluding hydrogens is 481 g/mol. The highest BCUT2D eigenvalue weighted by Gasteiger charge is 2.37. The van der Waals surface area contributed by atoms with Gasteiger partial charge in [0, 0.05) is 37.1 Å². The van der Waals surface area contributed by atoms with Crippen LogP contribution in [-0.2, 0) is 6.18 Å². The first-order valence-corrected chi connectivity index (χ1v) is 11.4.